The third-order valence-corrected chi connectivity index (χ3v) is 6.24. The van der Waals surface area contributed by atoms with Crippen molar-refractivity contribution in [2.75, 3.05) is 25.5 Å². The van der Waals surface area contributed by atoms with E-state index in [0.717, 1.165) is 49.0 Å². The van der Waals surface area contributed by atoms with Crippen molar-refractivity contribution in [3.05, 3.63) is 53.3 Å². The van der Waals surface area contributed by atoms with Crippen LogP contribution in [-0.2, 0) is 4.84 Å². The van der Waals surface area contributed by atoms with E-state index < -0.39 is 5.97 Å². The van der Waals surface area contributed by atoms with Crippen molar-refractivity contribution >= 4 is 28.4 Å². The van der Waals surface area contributed by atoms with Crippen LogP contribution in [0.15, 0.2) is 36.7 Å². The van der Waals surface area contributed by atoms with Gasteiger partial charge in [-0.15, -0.1) is 5.06 Å². The molecule has 0 spiro atoms. The Labute approximate surface area is 188 Å². The van der Waals surface area contributed by atoms with Gasteiger partial charge in [0.1, 0.15) is 23.5 Å². The zero-order valence-electron chi connectivity index (χ0n) is 19.1. The number of nitrogens with zero attached hydrogens (tertiary/aromatic N) is 3. The van der Waals surface area contributed by atoms with Crippen LogP contribution in [0.1, 0.15) is 47.7 Å². The molecule has 32 heavy (non-hydrogen) atoms. The second-order valence-corrected chi connectivity index (χ2v) is 8.35. The first kappa shape index (κ1) is 22.0. The molecule has 2 heterocycles. The molecule has 7 heteroatoms. The van der Waals surface area contributed by atoms with Crippen LogP contribution in [0.4, 0.5) is 11.5 Å². The summed E-state index contributed by atoms with van der Waals surface area (Å²) in [4.78, 5) is 27.8. The Morgan fingerprint density at radius 2 is 1.88 bits per heavy atom. The molecule has 1 aliphatic rings. The Morgan fingerprint density at radius 3 is 2.53 bits per heavy atom. The summed E-state index contributed by atoms with van der Waals surface area (Å²) in [7, 11) is 1.55. The minimum Gasteiger partial charge on any atom is -0.496 e. The Hall–Kier alpha value is -3.19. The Bertz CT molecular complexity index is 1110. The molecule has 7 nitrogen and oxygen atoms in total. The lowest BCUT2D eigenvalue weighted by Crippen LogP contribution is -2.35. The first-order valence-corrected chi connectivity index (χ1v) is 11.1. The number of aryl methyl sites for hydroxylation is 2. The highest BCUT2D eigenvalue weighted by Crippen LogP contribution is 2.35. The molecule has 168 valence electrons. The van der Waals surface area contributed by atoms with E-state index in [0.29, 0.717) is 28.6 Å². The zero-order valence-corrected chi connectivity index (χ0v) is 19.1. The molecule has 0 atom stereocenters. The van der Waals surface area contributed by atoms with Crippen LogP contribution in [0.5, 0.6) is 5.75 Å². The molecule has 1 aliphatic heterocycles. The SMILES string of the molecule is CCC1CCN(OC(=O)c2c(OC)cc3ncnc(Nc4ccc(C)cc4)c3c2C)CC1. The van der Waals surface area contributed by atoms with Crippen molar-refractivity contribution in [1.82, 2.24) is 15.0 Å². The van der Waals surface area contributed by atoms with E-state index in [9.17, 15) is 4.79 Å². The number of hydroxylamine groups is 2. The number of fused-ring (bicyclic) bond motifs is 1. The number of benzene rings is 2. The molecule has 1 N–H and O–H groups in total. The number of carbonyl (C=O) groups excluding carboxylic acids is 1. The smallest absolute Gasteiger partial charge is 0.361 e. The third-order valence-electron chi connectivity index (χ3n) is 6.24. The van der Waals surface area contributed by atoms with Crippen LogP contribution < -0.4 is 10.1 Å². The van der Waals surface area contributed by atoms with Gasteiger partial charge < -0.3 is 14.9 Å². The number of piperidine rings is 1. The van der Waals surface area contributed by atoms with Crippen LogP contribution in [-0.4, -0.2) is 41.2 Å². The maximum atomic E-state index is 13.2. The van der Waals surface area contributed by atoms with Gasteiger partial charge >= 0.3 is 5.97 Å². The summed E-state index contributed by atoms with van der Waals surface area (Å²) in [6.45, 7) is 7.64. The Morgan fingerprint density at radius 1 is 1.16 bits per heavy atom. The van der Waals surface area contributed by atoms with Gasteiger partial charge in [0.15, 0.2) is 0 Å². The Balaban J connectivity index is 1.68. The topological polar surface area (TPSA) is 76.6 Å². The fraction of sp³-hybridized carbons (Fsp3) is 0.400. The number of hydrogen-bond donors (Lipinski definition) is 1. The van der Waals surface area contributed by atoms with Gasteiger partial charge in [-0.25, -0.2) is 14.8 Å². The largest absolute Gasteiger partial charge is 0.496 e. The predicted molar refractivity (Wildman–Crippen MR) is 125 cm³/mol. The van der Waals surface area contributed by atoms with Gasteiger partial charge in [-0.3, -0.25) is 0 Å². The number of methoxy groups -OCH3 is 1. The average Bonchev–Trinajstić information content (AvgIpc) is 2.80. The normalized spacial score (nSPS) is 15.0. The lowest BCUT2D eigenvalue weighted by molar-refractivity contribution is -0.126. The molecule has 4 rings (SSSR count). The molecule has 0 unspecified atom stereocenters. The van der Waals surface area contributed by atoms with E-state index >= 15 is 0 Å². The highest BCUT2D eigenvalue weighted by molar-refractivity contribution is 6.04. The molecule has 0 aliphatic carbocycles. The summed E-state index contributed by atoms with van der Waals surface area (Å²) in [6.07, 6.45) is 4.75. The number of ether oxygens (including phenoxy) is 1. The summed E-state index contributed by atoms with van der Waals surface area (Å²) in [5, 5.41) is 5.89. The maximum absolute atomic E-state index is 13.2. The van der Waals surface area contributed by atoms with Crippen LogP contribution in [0.3, 0.4) is 0 Å². The van der Waals surface area contributed by atoms with E-state index in [1.807, 2.05) is 38.1 Å². The molecule has 1 fully saturated rings. The highest BCUT2D eigenvalue weighted by Gasteiger charge is 2.26. The number of rotatable bonds is 6. The molecule has 3 aromatic rings. The van der Waals surface area contributed by atoms with Crippen molar-refractivity contribution in [2.45, 2.75) is 40.0 Å². The van der Waals surface area contributed by atoms with Gasteiger partial charge in [0.05, 0.1) is 12.6 Å². The third kappa shape index (κ3) is 4.53. The summed E-state index contributed by atoms with van der Waals surface area (Å²) in [6, 6.07) is 9.83. The minimum atomic E-state index is -0.415. The monoisotopic (exact) mass is 434 g/mol. The molecule has 0 saturated carbocycles. The molecule has 1 saturated heterocycles. The molecular formula is C25H30N4O3. The van der Waals surface area contributed by atoms with Crippen LogP contribution in [0, 0.1) is 19.8 Å². The van der Waals surface area contributed by atoms with E-state index in [4.69, 9.17) is 9.57 Å². The molecular weight excluding hydrogens is 404 g/mol. The summed E-state index contributed by atoms with van der Waals surface area (Å²) in [5.41, 5.74) is 3.91. The van der Waals surface area contributed by atoms with Crippen LogP contribution in [0.2, 0.25) is 0 Å². The number of anilines is 2. The highest BCUT2D eigenvalue weighted by atomic mass is 16.7. The van der Waals surface area contributed by atoms with Crippen LogP contribution >= 0.6 is 0 Å². The van der Waals surface area contributed by atoms with Gasteiger partial charge in [-0.2, -0.15) is 0 Å². The van der Waals surface area contributed by atoms with Gasteiger partial charge in [0.2, 0.25) is 0 Å². The fourth-order valence-electron chi connectivity index (χ4n) is 4.24. The van der Waals surface area contributed by atoms with Crippen LogP contribution in [0.25, 0.3) is 10.9 Å². The average molecular weight is 435 g/mol. The Kier molecular flexibility index (Phi) is 6.55. The number of hydrogen-bond acceptors (Lipinski definition) is 7. The van der Waals surface area contributed by atoms with Gasteiger partial charge in [0, 0.05) is 30.2 Å². The van der Waals surface area contributed by atoms with Crippen molar-refractivity contribution in [2.24, 2.45) is 5.92 Å². The molecule has 0 amide bonds. The van der Waals surface area contributed by atoms with Crippen molar-refractivity contribution < 1.29 is 14.4 Å². The lowest BCUT2D eigenvalue weighted by Gasteiger charge is -2.30. The molecule has 0 radical (unpaired) electrons. The number of carbonyl (C=O) groups is 1. The fourth-order valence-corrected chi connectivity index (χ4v) is 4.24. The zero-order chi connectivity index (χ0) is 22.7. The van der Waals surface area contributed by atoms with E-state index in [1.54, 1.807) is 18.2 Å². The molecule has 0 bridgehead atoms. The predicted octanol–water partition coefficient (Wildman–Crippen LogP) is 5.19. The quantitative estimate of drug-likeness (QED) is 0.572. The summed E-state index contributed by atoms with van der Waals surface area (Å²) in [5.74, 6) is 1.37. The van der Waals surface area contributed by atoms with Gasteiger partial charge in [-0.1, -0.05) is 31.0 Å². The van der Waals surface area contributed by atoms with E-state index in [-0.39, 0.29) is 0 Å². The standard InChI is InChI=1S/C25H30N4O3/c1-5-18-10-12-29(13-11-18)32-25(30)23-17(3)22-20(14-21(23)31-4)26-15-27-24(22)28-19-8-6-16(2)7-9-19/h6-9,14-15,18H,5,10-13H2,1-4H3,(H,26,27,28). The first-order valence-electron chi connectivity index (χ1n) is 11.1. The molecule has 2 aromatic carbocycles. The van der Waals surface area contributed by atoms with Crippen molar-refractivity contribution in [3.63, 3.8) is 0 Å². The van der Waals surface area contributed by atoms with E-state index in [2.05, 4.69) is 22.2 Å². The lowest BCUT2D eigenvalue weighted by atomic mass is 9.95. The van der Waals surface area contributed by atoms with Gasteiger partial charge in [-0.05, 0) is 50.3 Å². The molecule has 1 aromatic heterocycles. The second-order valence-electron chi connectivity index (χ2n) is 8.35. The number of aromatic nitrogens is 2. The second kappa shape index (κ2) is 9.53. The van der Waals surface area contributed by atoms with Crippen molar-refractivity contribution in [3.8, 4) is 5.75 Å². The minimum absolute atomic E-state index is 0.402. The number of nitrogens with one attached hydrogen (secondary N) is 1. The van der Waals surface area contributed by atoms with Gasteiger partial charge in [0.25, 0.3) is 0 Å². The first-order chi connectivity index (χ1) is 15.5. The summed E-state index contributed by atoms with van der Waals surface area (Å²) < 4.78 is 5.55. The van der Waals surface area contributed by atoms with Crippen molar-refractivity contribution in [1.29, 1.82) is 0 Å². The maximum Gasteiger partial charge on any atom is 0.361 e. The summed E-state index contributed by atoms with van der Waals surface area (Å²) >= 11 is 0. The van der Waals surface area contributed by atoms with E-state index in [1.165, 1.54) is 11.9 Å².